The Morgan fingerprint density at radius 1 is 1.00 bits per heavy atom. The molecule has 5 rings (SSSR count). The van der Waals surface area contributed by atoms with Crippen LogP contribution in [0.2, 0.25) is 0 Å². The normalized spacial score (nSPS) is 21.0. The van der Waals surface area contributed by atoms with E-state index in [4.69, 9.17) is 16.2 Å². The van der Waals surface area contributed by atoms with Crippen LogP contribution >= 0.6 is 0 Å². The molecule has 0 amide bonds. The molecule has 1 fully saturated rings. The van der Waals surface area contributed by atoms with E-state index in [9.17, 15) is 5.11 Å². The van der Waals surface area contributed by atoms with Crippen LogP contribution in [0.4, 0.5) is 5.82 Å². The van der Waals surface area contributed by atoms with Gasteiger partial charge in [-0.15, -0.1) is 0 Å². The smallest absolute Gasteiger partial charge is 0.146 e. The Morgan fingerprint density at radius 3 is 2.38 bits per heavy atom. The predicted molar refractivity (Wildman–Crippen MR) is 125 cm³/mol. The van der Waals surface area contributed by atoms with E-state index < -0.39 is 5.60 Å². The number of benzene rings is 2. The number of hydrogen-bond acceptors (Lipinski definition) is 6. The van der Waals surface area contributed by atoms with Crippen molar-refractivity contribution < 1.29 is 9.84 Å². The SMILES string of the molecule is NCC1(O)CCC(n2cc(-c3ccc(Oc4ccccc4)cc3)c3c(N)ncnc32)CC1. The Morgan fingerprint density at radius 2 is 1.69 bits per heavy atom. The molecule has 7 nitrogen and oxygen atoms in total. The highest BCUT2D eigenvalue weighted by atomic mass is 16.5. The lowest BCUT2D eigenvalue weighted by molar-refractivity contribution is 0.00127. The highest BCUT2D eigenvalue weighted by molar-refractivity contribution is 6.00. The van der Waals surface area contributed by atoms with Gasteiger partial charge >= 0.3 is 0 Å². The highest BCUT2D eigenvalue weighted by Crippen LogP contribution is 2.40. The molecule has 7 heteroatoms. The molecule has 0 aliphatic heterocycles. The van der Waals surface area contributed by atoms with Crippen molar-refractivity contribution >= 4 is 16.9 Å². The maximum atomic E-state index is 10.5. The van der Waals surface area contributed by atoms with Gasteiger partial charge < -0.3 is 25.9 Å². The Labute approximate surface area is 186 Å². The largest absolute Gasteiger partial charge is 0.457 e. The zero-order valence-electron chi connectivity index (χ0n) is 17.8. The fourth-order valence-corrected chi connectivity index (χ4v) is 4.55. The van der Waals surface area contributed by atoms with Crippen LogP contribution in [-0.4, -0.2) is 31.8 Å². The first-order valence-electron chi connectivity index (χ1n) is 10.9. The second kappa shape index (κ2) is 8.26. The van der Waals surface area contributed by atoms with Crippen molar-refractivity contribution in [3.05, 3.63) is 67.1 Å². The van der Waals surface area contributed by atoms with Crippen LogP contribution in [0.3, 0.4) is 0 Å². The summed E-state index contributed by atoms with van der Waals surface area (Å²) in [5.74, 6) is 2.02. The molecule has 2 heterocycles. The van der Waals surface area contributed by atoms with Gasteiger partial charge in [-0.25, -0.2) is 9.97 Å². The number of fused-ring (bicyclic) bond motifs is 1. The summed E-state index contributed by atoms with van der Waals surface area (Å²) >= 11 is 0. The molecule has 4 aromatic rings. The first-order chi connectivity index (χ1) is 15.6. The number of aromatic nitrogens is 3. The van der Waals surface area contributed by atoms with Crippen LogP contribution in [0.5, 0.6) is 11.5 Å². The lowest BCUT2D eigenvalue weighted by Gasteiger charge is -2.35. The molecule has 0 radical (unpaired) electrons. The van der Waals surface area contributed by atoms with E-state index in [0.717, 1.165) is 46.5 Å². The summed E-state index contributed by atoms with van der Waals surface area (Å²) in [6.07, 6.45) is 6.65. The molecule has 1 aliphatic carbocycles. The molecule has 32 heavy (non-hydrogen) atoms. The molecule has 2 aromatic carbocycles. The van der Waals surface area contributed by atoms with E-state index in [1.54, 1.807) is 0 Å². The number of nitrogens with zero attached hydrogens (tertiary/aromatic N) is 3. The van der Waals surface area contributed by atoms with Crippen molar-refractivity contribution in [2.45, 2.75) is 37.3 Å². The van der Waals surface area contributed by atoms with Gasteiger partial charge in [0.25, 0.3) is 0 Å². The second-order valence-electron chi connectivity index (χ2n) is 8.51. The van der Waals surface area contributed by atoms with E-state index in [1.165, 1.54) is 6.33 Å². The number of nitrogen functional groups attached to an aromatic ring is 1. The number of para-hydroxylation sites is 1. The highest BCUT2D eigenvalue weighted by Gasteiger charge is 2.33. The summed E-state index contributed by atoms with van der Waals surface area (Å²) in [7, 11) is 0. The number of rotatable bonds is 5. The Hall–Kier alpha value is -3.42. The standard InChI is InChI=1S/C25H27N5O2/c26-15-25(31)12-10-18(11-13-25)30-14-21(22-23(27)28-16-29-24(22)30)17-6-8-20(9-7-17)32-19-4-2-1-3-5-19/h1-9,14,16,18,31H,10-13,15,26H2,(H2,27,28,29). The monoisotopic (exact) mass is 429 g/mol. The first-order valence-corrected chi connectivity index (χ1v) is 10.9. The quantitative estimate of drug-likeness (QED) is 0.437. The zero-order valence-corrected chi connectivity index (χ0v) is 17.8. The second-order valence-corrected chi connectivity index (χ2v) is 8.51. The average Bonchev–Trinajstić information content (AvgIpc) is 3.22. The first kappa shape index (κ1) is 20.5. The van der Waals surface area contributed by atoms with Crippen LogP contribution in [0, 0.1) is 0 Å². The van der Waals surface area contributed by atoms with Crippen LogP contribution in [0.1, 0.15) is 31.7 Å². The third-order valence-electron chi connectivity index (χ3n) is 6.44. The van der Waals surface area contributed by atoms with E-state index in [-0.39, 0.29) is 6.04 Å². The maximum absolute atomic E-state index is 10.5. The number of ether oxygens (including phenoxy) is 1. The summed E-state index contributed by atoms with van der Waals surface area (Å²) in [6, 6.07) is 17.9. The maximum Gasteiger partial charge on any atom is 0.146 e. The zero-order chi connectivity index (χ0) is 22.1. The lowest BCUT2D eigenvalue weighted by Crippen LogP contribution is -2.41. The van der Waals surface area contributed by atoms with Gasteiger partial charge in [0.2, 0.25) is 0 Å². The molecule has 2 aromatic heterocycles. The lowest BCUT2D eigenvalue weighted by atomic mass is 9.82. The molecule has 0 spiro atoms. The minimum atomic E-state index is -0.759. The molecule has 0 unspecified atom stereocenters. The number of hydrogen-bond donors (Lipinski definition) is 3. The van der Waals surface area contributed by atoms with Gasteiger partial charge in [0.05, 0.1) is 11.0 Å². The summed E-state index contributed by atoms with van der Waals surface area (Å²) in [5.41, 5.74) is 14.1. The molecule has 0 saturated heterocycles. The number of nitrogens with two attached hydrogens (primary N) is 2. The van der Waals surface area contributed by atoms with Gasteiger partial charge in [0, 0.05) is 24.3 Å². The van der Waals surface area contributed by atoms with Gasteiger partial charge in [-0.05, 0) is 55.5 Å². The fraction of sp³-hybridized carbons (Fsp3) is 0.280. The van der Waals surface area contributed by atoms with Gasteiger partial charge in [-0.1, -0.05) is 30.3 Å². The van der Waals surface area contributed by atoms with Crippen molar-refractivity contribution in [2.75, 3.05) is 12.3 Å². The van der Waals surface area contributed by atoms with Crippen LogP contribution < -0.4 is 16.2 Å². The van der Waals surface area contributed by atoms with Gasteiger partial charge in [-0.2, -0.15) is 0 Å². The number of aliphatic hydroxyl groups is 1. The summed E-state index contributed by atoms with van der Waals surface area (Å²) in [5, 5.41) is 11.4. The van der Waals surface area contributed by atoms with Crippen LogP contribution in [0.15, 0.2) is 67.1 Å². The van der Waals surface area contributed by atoms with Crippen molar-refractivity contribution in [2.24, 2.45) is 5.73 Å². The molecule has 5 N–H and O–H groups in total. The fourth-order valence-electron chi connectivity index (χ4n) is 4.55. The van der Waals surface area contributed by atoms with E-state index in [1.807, 2.05) is 54.6 Å². The topological polar surface area (TPSA) is 112 Å². The van der Waals surface area contributed by atoms with E-state index in [0.29, 0.717) is 25.2 Å². The number of anilines is 1. The van der Waals surface area contributed by atoms with Crippen LogP contribution in [0.25, 0.3) is 22.2 Å². The molecule has 1 saturated carbocycles. The van der Waals surface area contributed by atoms with Gasteiger partial charge in [0.1, 0.15) is 29.3 Å². The van der Waals surface area contributed by atoms with Crippen molar-refractivity contribution in [1.29, 1.82) is 0 Å². The third kappa shape index (κ3) is 3.81. The molecule has 0 bridgehead atoms. The van der Waals surface area contributed by atoms with Crippen molar-refractivity contribution in [3.63, 3.8) is 0 Å². The van der Waals surface area contributed by atoms with Crippen molar-refractivity contribution in [1.82, 2.24) is 14.5 Å². The minimum absolute atomic E-state index is 0.230. The summed E-state index contributed by atoms with van der Waals surface area (Å²) in [6.45, 7) is 0.296. The summed E-state index contributed by atoms with van der Waals surface area (Å²) in [4.78, 5) is 8.79. The van der Waals surface area contributed by atoms with E-state index >= 15 is 0 Å². The third-order valence-corrected chi connectivity index (χ3v) is 6.44. The molecule has 1 aliphatic rings. The van der Waals surface area contributed by atoms with E-state index in [2.05, 4.69) is 20.7 Å². The Bertz CT molecular complexity index is 1210. The summed E-state index contributed by atoms with van der Waals surface area (Å²) < 4.78 is 8.11. The van der Waals surface area contributed by atoms with Crippen molar-refractivity contribution in [3.8, 4) is 22.6 Å². The molecular formula is C25H27N5O2. The molecule has 164 valence electrons. The average molecular weight is 430 g/mol. The van der Waals surface area contributed by atoms with Gasteiger partial charge in [0.15, 0.2) is 0 Å². The Balaban J connectivity index is 1.48. The molecular weight excluding hydrogens is 402 g/mol. The Kier molecular flexibility index (Phi) is 5.28. The predicted octanol–water partition coefficient (Wildman–Crippen LogP) is 4.28. The van der Waals surface area contributed by atoms with Crippen LogP contribution in [-0.2, 0) is 0 Å². The van der Waals surface area contributed by atoms with Gasteiger partial charge in [-0.3, -0.25) is 0 Å². The molecule has 0 atom stereocenters. The minimum Gasteiger partial charge on any atom is -0.457 e.